The fourth-order valence-electron chi connectivity index (χ4n) is 4.94. The quantitative estimate of drug-likeness (QED) is 0.247. The molecule has 182 valence electrons. The maximum Gasteiger partial charge on any atom is 0.162 e. The molecule has 6 nitrogen and oxygen atoms in total. The number of thioether (sulfide) groups is 2. The van der Waals surface area contributed by atoms with E-state index in [0.717, 1.165) is 59.7 Å². The average molecular weight is 517 g/mol. The highest BCUT2D eigenvalue weighted by atomic mass is 32.2. The van der Waals surface area contributed by atoms with E-state index in [9.17, 15) is 9.59 Å². The van der Waals surface area contributed by atoms with Gasteiger partial charge in [-0.3, -0.25) is 9.59 Å². The number of furan rings is 2. The lowest BCUT2D eigenvalue weighted by Crippen LogP contribution is -2.21. The minimum atomic E-state index is -0.0917. The molecule has 0 unspecified atom stereocenters. The van der Waals surface area contributed by atoms with E-state index in [0.29, 0.717) is 12.1 Å². The van der Waals surface area contributed by atoms with Gasteiger partial charge in [-0.05, 0) is 57.2 Å². The summed E-state index contributed by atoms with van der Waals surface area (Å²) in [5.41, 5.74) is 4.28. The van der Waals surface area contributed by atoms with E-state index in [-0.39, 0.29) is 18.0 Å². The third kappa shape index (κ3) is 3.59. The van der Waals surface area contributed by atoms with Crippen molar-refractivity contribution in [2.24, 2.45) is 0 Å². The second-order valence-corrected chi connectivity index (χ2v) is 10.7. The van der Waals surface area contributed by atoms with Crippen LogP contribution in [-0.4, -0.2) is 24.7 Å². The van der Waals surface area contributed by atoms with Crippen LogP contribution in [0, 0.1) is 0 Å². The highest BCUT2D eigenvalue weighted by molar-refractivity contribution is 8.04. The van der Waals surface area contributed by atoms with Crippen molar-refractivity contribution >= 4 is 68.4 Å². The number of benzene rings is 2. The maximum atomic E-state index is 13.4. The summed E-state index contributed by atoms with van der Waals surface area (Å²) in [7, 11) is 0. The van der Waals surface area contributed by atoms with Crippen LogP contribution in [0.5, 0.6) is 0 Å². The Kier molecular flexibility index (Phi) is 5.73. The predicted molar refractivity (Wildman–Crippen MR) is 146 cm³/mol. The fraction of sp³-hybridized carbons (Fsp3) is 0.214. The Hall–Kier alpha value is -3.36. The van der Waals surface area contributed by atoms with Crippen LogP contribution >= 0.6 is 23.5 Å². The Morgan fingerprint density at radius 3 is 2.00 bits per heavy atom. The molecule has 4 aromatic rings. The lowest BCUT2D eigenvalue weighted by atomic mass is 10.1. The van der Waals surface area contributed by atoms with Gasteiger partial charge in [0.05, 0.1) is 34.0 Å². The van der Waals surface area contributed by atoms with Crippen molar-refractivity contribution in [3.05, 3.63) is 70.6 Å². The number of carbonyl (C=O) groups excluding carboxylic acids is 2. The summed E-state index contributed by atoms with van der Waals surface area (Å²) >= 11 is 3.13. The Morgan fingerprint density at radius 2 is 1.42 bits per heavy atom. The zero-order chi connectivity index (χ0) is 25.0. The summed E-state index contributed by atoms with van der Waals surface area (Å²) in [5, 5.41) is 3.75. The minimum absolute atomic E-state index is 0.0514. The van der Waals surface area contributed by atoms with Crippen LogP contribution in [0.2, 0.25) is 0 Å². The first-order chi connectivity index (χ1) is 17.5. The van der Waals surface area contributed by atoms with E-state index < -0.39 is 0 Å². The molecule has 2 aromatic carbocycles. The van der Waals surface area contributed by atoms with E-state index in [1.54, 1.807) is 49.0 Å². The van der Waals surface area contributed by atoms with Crippen molar-refractivity contribution in [2.75, 3.05) is 22.9 Å². The third-order valence-electron chi connectivity index (χ3n) is 6.56. The molecule has 2 aliphatic rings. The largest absolute Gasteiger partial charge is 0.464 e. The van der Waals surface area contributed by atoms with Crippen LogP contribution in [0.4, 0.5) is 11.4 Å². The molecule has 2 aliphatic heterocycles. The van der Waals surface area contributed by atoms with Crippen LogP contribution in [0.25, 0.3) is 21.9 Å². The van der Waals surface area contributed by atoms with Crippen molar-refractivity contribution in [1.82, 2.24) is 0 Å². The molecule has 36 heavy (non-hydrogen) atoms. The summed E-state index contributed by atoms with van der Waals surface area (Å²) in [4.78, 5) is 32.6. The van der Waals surface area contributed by atoms with Crippen LogP contribution < -0.4 is 9.80 Å². The van der Waals surface area contributed by atoms with Gasteiger partial charge in [0.1, 0.15) is 11.2 Å². The Labute approximate surface area is 217 Å². The molecule has 0 amide bonds. The molecule has 6 rings (SSSR count). The number of ketones is 2. The van der Waals surface area contributed by atoms with Gasteiger partial charge in [0.15, 0.2) is 11.6 Å². The molecule has 0 spiro atoms. The Balaban J connectivity index is 1.34. The lowest BCUT2D eigenvalue weighted by Gasteiger charge is -2.21. The standard InChI is InChI=1S/C28H24N2O4S2/c1-4-29-25(35-23-8-6-21-18(26(23)29)10-12-33-21)15-17(32)14-20(16(3)31)28-30(5-2)27-19-11-13-34-22(19)7-9-24(27)36-28/h6-13,15H,4-5,14H2,1-3H3/b25-15-,28-20-. The fourth-order valence-corrected chi connectivity index (χ4v) is 7.47. The molecule has 4 heterocycles. The van der Waals surface area contributed by atoms with Crippen molar-refractivity contribution in [3.63, 3.8) is 0 Å². The van der Waals surface area contributed by atoms with Gasteiger partial charge in [0.2, 0.25) is 0 Å². The highest BCUT2D eigenvalue weighted by Gasteiger charge is 2.32. The molecule has 0 atom stereocenters. The van der Waals surface area contributed by atoms with E-state index in [1.165, 1.54) is 0 Å². The van der Waals surface area contributed by atoms with Crippen LogP contribution in [-0.2, 0) is 9.59 Å². The van der Waals surface area contributed by atoms with E-state index in [2.05, 4.69) is 23.6 Å². The number of rotatable bonds is 6. The minimum Gasteiger partial charge on any atom is -0.464 e. The monoisotopic (exact) mass is 516 g/mol. The molecule has 0 saturated heterocycles. The van der Waals surface area contributed by atoms with E-state index in [1.807, 2.05) is 36.4 Å². The van der Waals surface area contributed by atoms with Crippen molar-refractivity contribution < 1.29 is 18.4 Å². The molecule has 0 aliphatic carbocycles. The number of nitrogens with zero attached hydrogens (tertiary/aromatic N) is 2. The van der Waals surface area contributed by atoms with Crippen LogP contribution in [0.3, 0.4) is 0 Å². The normalized spacial score (nSPS) is 17.4. The highest BCUT2D eigenvalue weighted by Crippen LogP contribution is 2.52. The summed E-state index contributed by atoms with van der Waals surface area (Å²) in [5.74, 6) is -0.181. The molecule has 0 radical (unpaired) electrons. The summed E-state index contributed by atoms with van der Waals surface area (Å²) in [6.07, 6.45) is 5.10. The smallest absolute Gasteiger partial charge is 0.162 e. The van der Waals surface area contributed by atoms with Crippen LogP contribution in [0.15, 0.2) is 89.3 Å². The first-order valence-corrected chi connectivity index (χ1v) is 13.5. The van der Waals surface area contributed by atoms with Crippen LogP contribution in [0.1, 0.15) is 27.2 Å². The molecule has 8 heteroatoms. The number of anilines is 2. The average Bonchev–Trinajstić information content (AvgIpc) is 3.64. The van der Waals surface area contributed by atoms with Gasteiger partial charge >= 0.3 is 0 Å². The van der Waals surface area contributed by atoms with Gasteiger partial charge in [-0.2, -0.15) is 0 Å². The molecule has 0 bridgehead atoms. The van der Waals surface area contributed by atoms with Gasteiger partial charge in [-0.15, -0.1) is 0 Å². The summed E-state index contributed by atoms with van der Waals surface area (Å²) in [6, 6.07) is 11.9. The van der Waals surface area contributed by atoms with E-state index in [4.69, 9.17) is 8.83 Å². The second-order valence-electron chi connectivity index (χ2n) is 8.65. The number of carbonyl (C=O) groups is 2. The maximum absolute atomic E-state index is 13.4. The van der Waals surface area contributed by atoms with Crippen molar-refractivity contribution in [1.29, 1.82) is 0 Å². The molecule has 0 N–H and O–H groups in total. The number of allylic oxidation sites excluding steroid dienone is 2. The van der Waals surface area contributed by atoms with Gasteiger partial charge < -0.3 is 18.6 Å². The summed E-state index contributed by atoms with van der Waals surface area (Å²) in [6.45, 7) is 7.07. The zero-order valence-electron chi connectivity index (χ0n) is 20.2. The molecule has 0 fully saturated rings. The topological polar surface area (TPSA) is 66.9 Å². The van der Waals surface area contributed by atoms with Gasteiger partial charge in [0, 0.05) is 51.7 Å². The predicted octanol–water partition coefficient (Wildman–Crippen LogP) is 7.34. The van der Waals surface area contributed by atoms with E-state index >= 15 is 0 Å². The molecular weight excluding hydrogens is 492 g/mol. The third-order valence-corrected chi connectivity index (χ3v) is 8.87. The molecular formula is C28H24N2O4S2. The number of hydrogen-bond acceptors (Lipinski definition) is 8. The SMILES string of the molecule is CCN1/C(=C/C(=O)C/C(C(C)=O)=C2/Sc3ccc4occc4c3N2CC)Sc2ccc3occc3c21. The van der Waals surface area contributed by atoms with Gasteiger partial charge in [-0.1, -0.05) is 23.5 Å². The first-order valence-electron chi connectivity index (χ1n) is 11.9. The summed E-state index contributed by atoms with van der Waals surface area (Å²) < 4.78 is 11.2. The number of hydrogen-bond donors (Lipinski definition) is 0. The molecule has 0 saturated carbocycles. The Morgan fingerprint density at radius 1 is 0.833 bits per heavy atom. The molecule has 2 aromatic heterocycles. The van der Waals surface area contributed by atoms with Crippen molar-refractivity contribution in [2.45, 2.75) is 37.0 Å². The van der Waals surface area contributed by atoms with Gasteiger partial charge in [-0.25, -0.2) is 0 Å². The second kappa shape index (κ2) is 8.94. The number of Topliss-reactive ketones (excluding diaryl/α,β-unsaturated/α-hetero) is 1. The first kappa shape index (κ1) is 23.1. The van der Waals surface area contributed by atoms with Crippen molar-refractivity contribution in [3.8, 4) is 0 Å². The lowest BCUT2D eigenvalue weighted by molar-refractivity contribution is -0.117. The zero-order valence-corrected chi connectivity index (χ0v) is 21.8. The number of fused-ring (bicyclic) bond motifs is 6. The van der Waals surface area contributed by atoms with Gasteiger partial charge in [0.25, 0.3) is 0 Å². The Bertz CT molecular complexity index is 1610.